The first kappa shape index (κ1) is 28.0. The summed E-state index contributed by atoms with van der Waals surface area (Å²) in [6, 6.07) is 20.8. The molecule has 1 aliphatic rings. The highest BCUT2D eigenvalue weighted by atomic mass is 79.9. The molecule has 1 fully saturated rings. The minimum absolute atomic E-state index is 0.0726. The highest BCUT2D eigenvalue weighted by Crippen LogP contribution is 2.39. The van der Waals surface area contributed by atoms with Crippen LogP contribution in [0.25, 0.3) is 6.08 Å². The van der Waals surface area contributed by atoms with Gasteiger partial charge in [0.2, 0.25) is 0 Å². The SMILES string of the molecule is COc1ccc(N=C2SC(=Cc3cc(Br)c(OCc4ccccc4C#N)c(Br)c3)C(=O)N2CC(C)C)cc1. The Labute approximate surface area is 243 Å². The van der Waals surface area contributed by atoms with Gasteiger partial charge in [-0.2, -0.15) is 5.26 Å². The van der Waals surface area contributed by atoms with E-state index in [0.717, 1.165) is 31.5 Å². The number of carbonyl (C=O) groups is 1. The van der Waals surface area contributed by atoms with Crippen LogP contribution >= 0.6 is 43.6 Å². The second-order valence-corrected chi connectivity index (χ2v) is 11.6. The number of benzene rings is 3. The fraction of sp³-hybridized carbons (Fsp3) is 0.207. The Morgan fingerprint density at radius 1 is 1.11 bits per heavy atom. The number of thioether (sulfide) groups is 1. The molecule has 1 heterocycles. The molecule has 3 aromatic rings. The van der Waals surface area contributed by atoms with Crippen molar-refractivity contribution in [2.24, 2.45) is 10.9 Å². The van der Waals surface area contributed by atoms with Gasteiger partial charge in [-0.15, -0.1) is 0 Å². The van der Waals surface area contributed by atoms with Crippen LogP contribution in [-0.2, 0) is 11.4 Å². The van der Waals surface area contributed by atoms with Crippen molar-refractivity contribution in [1.82, 2.24) is 4.90 Å². The van der Waals surface area contributed by atoms with E-state index >= 15 is 0 Å². The first-order valence-corrected chi connectivity index (χ1v) is 14.2. The van der Waals surface area contributed by atoms with Crippen LogP contribution in [0.2, 0.25) is 0 Å². The van der Waals surface area contributed by atoms with Crippen molar-refractivity contribution in [3.8, 4) is 17.6 Å². The minimum Gasteiger partial charge on any atom is -0.497 e. The van der Waals surface area contributed by atoms with Gasteiger partial charge in [-0.1, -0.05) is 32.0 Å². The summed E-state index contributed by atoms with van der Waals surface area (Å²) in [4.78, 5) is 20.4. The molecule has 0 atom stereocenters. The third kappa shape index (κ3) is 6.68. The van der Waals surface area contributed by atoms with Crippen molar-refractivity contribution in [2.75, 3.05) is 13.7 Å². The normalized spacial score (nSPS) is 15.4. The van der Waals surface area contributed by atoms with E-state index in [4.69, 9.17) is 14.5 Å². The number of ether oxygens (including phenoxy) is 2. The lowest BCUT2D eigenvalue weighted by molar-refractivity contribution is -0.122. The van der Waals surface area contributed by atoms with Gasteiger partial charge in [0, 0.05) is 12.1 Å². The van der Waals surface area contributed by atoms with Crippen LogP contribution in [0.15, 0.2) is 79.5 Å². The van der Waals surface area contributed by atoms with Crippen LogP contribution < -0.4 is 9.47 Å². The largest absolute Gasteiger partial charge is 0.497 e. The molecular formula is C29H25Br2N3O3S. The molecular weight excluding hydrogens is 630 g/mol. The zero-order valence-electron chi connectivity index (χ0n) is 21.1. The second-order valence-electron chi connectivity index (χ2n) is 8.88. The molecule has 38 heavy (non-hydrogen) atoms. The number of methoxy groups -OCH3 is 1. The third-order valence-electron chi connectivity index (χ3n) is 5.56. The Kier molecular flexibility index (Phi) is 9.31. The van der Waals surface area contributed by atoms with Gasteiger partial charge in [0.05, 0.1) is 38.3 Å². The highest BCUT2D eigenvalue weighted by Gasteiger charge is 2.33. The van der Waals surface area contributed by atoms with Gasteiger partial charge in [0.1, 0.15) is 18.1 Å². The fourth-order valence-corrected chi connectivity index (χ4v) is 6.20. The van der Waals surface area contributed by atoms with Crippen molar-refractivity contribution >= 4 is 66.5 Å². The van der Waals surface area contributed by atoms with Crippen LogP contribution in [0, 0.1) is 17.2 Å². The molecule has 0 bridgehead atoms. The summed E-state index contributed by atoms with van der Waals surface area (Å²) < 4.78 is 12.7. The molecule has 0 N–H and O–H groups in total. The minimum atomic E-state index is -0.0726. The highest BCUT2D eigenvalue weighted by molar-refractivity contribution is 9.11. The summed E-state index contributed by atoms with van der Waals surface area (Å²) in [5, 5.41) is 9.98. The molecule has 9 heteroatoms. The molecule has 0 saturated carbocycles. The van der Waals surface area contributed by atoms with Gasteiger partial charge >= 0.3 is 0 Å². The Bertz CT molecular complexity index is 1420. The maximum absolute atomic E-state index is 13.4. The molecule has 6 nitrogen and oxygen atoms in total. The van der Waals surface area contributed by atoms with E-state index in [-0.39, 0.29) is 18.4 Å². The first-order chi connectivity index (χ1) is 18.3. The van der Waals surface area contributed by atoms with Gasteiger partial charge in [0.25, 0.3) is 5.91 Å². The number of hydrogen-bond acceptors (Lipinski definition) is 6. The number of hydrogen-bond donors (Lipinski definition) is 0. The summed E-state index contributed by atoms with van der Waals surface area (Å²) in [6.45, 7) is 4.98. The monoisotopic (exact) mass is 653 g/mol. The predicted molar refractivity (Wildman–Crippen MR) is 160 cm³/mol. The van der Waals surface area contributed by atoms with Gasteiger partial charge in [-0.3, -0.25) is 9.69 Å². The second kappa shape index (κ2) is 12.7. The molecule has 0 aliphatic carbocycles. The summed E-state index contributed by atoms with van der Waals surface area (Å²) in [7, 11) is 1.62. The van der Waals surface area contributed by atoms with Crippen LogP contribution in [0.1, 0.15) is 30.5 Å². The van der Waals surface area contributed by atoms with Crippen LogP contribution in [0.3, 0.4) is 0 Å². The summed E-state index contributed by atoms with van der Waals surface area (Å²) >= 11 is 8.56. The van der Waals surface area contributed by atoms with Crippen molar-refractivity contribution < 1.29 is 14.3 Å². The van der Waals surface area contributed by atoms with Crippen molar-refractivity contribution in [1.29, 1.82) is 5.26 Å². The Morgan fingerprint density at radius 2 is 1.79 bits per heavy atom. The molecule has 194 valence electrons. The van der Waals surface area contributed by atoms with Crippen LogP contribution in [0.4, 0.5) is 5.69 Å². The number of nitrogens with zero attached hydrogens (tertiary/aromatic N) is 3. The Hall–Kier alpha value is -3.06. The molecule has 1 aliphatic heterocycles. The smallest absolute Gasteiger partial charge is 0.266 e. The van der Waals surface area contributed by atoms with Gasteiger partial charge in [-0.05, 0) is 104 Å². The number of halogens is 2. The lowest BCUT2D eigenvalue weighted by Gasteiger charge is -2.17. The van der Waals surface area contributed by atoms with E-state index in [9.17, 15) is 10.1 Å². The first-order valence-electron chi connectivity index (χ1n) is 11.8. The summed E-state index contributed by atoms with van der Waals surface area (Å²) in [6.07, 6.45) is 1.86. The van der Waals surface area contributed by atoms with Gasteiger partial charge in [0.15, 0.2) is 5.17 Å². The maximum Gasteiger partial charge on any atom is 0.266 e. The molecule has 0 unspecified atom stereocenters. The maximum atomic E-state index is 13.4. The molecule has 0 aromatic heterocycles. The standard InChI is InChI=1S/C29H25Br2N3O3S/c1-18(2)16-34-28(35)26(38-29(34)33-22-8-10-23(36-3)11-9-22)14-19-12-24(30)27(25(31)13-19)37-17-21-7-5-4-6-20(21)15-32/h4-14,18H,16-17H2,1-3H3. The van der Waals surface area contributed by atoms with Crippen molar-refractivity contribution in [3.63, 3.8) is 0 Å². The third-order valence-corrected chi connectivity index (χ3v) is 7.75. The number of amidine groups is 1. The molecule has 1 amide bonds. The quantitative estimate of drug-likeness (QED) is 0.231. The van der Waals surface area contributed by atoms with Gasteiger partial charge in [-0.25, -0.2) is 4.99 Å². The fourth-order valence-electron chi connectivity index (χ4n) is 3.74. The predicted octanol–water partition coefficient (Wildman–Crippen LogP) is 7.93. The number of aliphatic imine (C=N–C) groups is 1. The van der Waals surface area contributed by atoms with Crippen LogP contribution in [0.5, 0.6) is 11.5 Å². The zero-order chi connectivity index (χ0) is 27.2. The van der Waals surface area contributed by atoms with E-state index in [1.807, 2.05) is 60.7 Å². The summed E-state index contributed by atoms with van der Waals surface area (Å²) in [5.74, 6) is 1.58. The van der Waals surface area contributed by atoms with E-state index in [2.05, 4.69) is 51.8 Å². The molecule has 0 spiro atoms. The zero-order valence-corrected chi connectivity index (χ0v) is 25.1. The number of amides is 1. The van der Waals surface area contributed by atoms with Crippen molar-refractivity contribution in [2.45, 2.75) is 20.5 Å². The average Bonchev–Trinajstić information content (AvgIpc) is 3.17. The van der Waals surface area contributed by atoms with E-state index in [0.29, 0.717) is 27.9 Å². The Morgan fingerprint density at radius 3 is 2.42 bits per heavy atom. The molecule has 4 rings (SSSR count). The molecule has 0 radical (unpaired) electrons. The van der Waals surface area contributed by atoms with Gasteiger partial charge < -0.3 is 9.47 Å². The van der Waals surface area contributed by atoms with Crippen molar-refractivity contribution in [3.05, 3.63) is 91.2 Å². The number of nitriles is 1. The molecule has 1 saturated heterocycles. The van der Waals surface area contributed by atoms with E-state index in [1.165, 1.54) is 11.8 Å². The van der Waals surface area contributed by atoms with E-state index in [1.54, 1.807) is 18.1 Å². The van der Waals surface area contributed by atoms with E-state index < -0.39 is 0 Å². The topological polar surface area (TPSA) is 74.9 Å². The average molecular weight is 655 g/mol. The Balaban J connectivity index is 1.58. The lowest BCUT2D eigenvalue weighted by Crippen LogP contribution is -2.32. The summed E-state index contributed by atoms with van der Waals surface area (Å²) in [5.41, 5.74) is 2.97. The van der Waals surface area contributed by atoms with Crippen LogP contribution in [-0.4, -0.2) is 29.6 Å². The molecule has 3 aromatic carbocycles. The number of rotatable bonds is 8. The lowest BCUT2D eigenvalue weighted by atomic mass is 10.1. The number of carbonyl (C=O) groups excluding carboxylic acids is 1.